The fourth-order valence-electron chi connectivity index (χ4n) is 2.03. The van der Waals surface area contributed by atoms with Gasteiger partial charge in [-0.2, -0.15) is 0 Å². The predicted octanol–water partition coefficient (Wildman–Crippen LogP) is 3.59. The highest BCUT2D eigenvalue weighted by Crippen LogP contribution is 2.24. The monoisotopic (exact) mass is 363 g/mol. The number of non-ortho nitro benzene ring substituents is 1. The van der Waals surface area contributed by atoms with Gasteiger partial charge in [0, 0.05) is 36.0 Å². The topological polar surface area (TPSA) is 76.3 Å². The maximum Gasteiger partial charge on any atom is 0.269 e. The quantitative estimate of drug-likeness (QED) is 0.614. The molecule has 7 heteroatoms. The van der Waals surface area contributed by atoms with Gasteiger partial charge in [-0.3, -0.25) is 19.9 Å². The molecule has 0 aliphatic rings. The molecule has 0 aliphatic carbocycles. The number of rotatable bonds is 4. The Kier molecular flexibility index (Phi) is 4.87. The van der Waals surface area contributed by atoms with Crippen molar-refractivity contribution in [3.8, 4) is 0 Å². The van der Waals surface area contributed by atoms with Crippen LogP contribution < -0.4 is 0 Å². The summed E-state index contributed by atoms with van der Waals surface area (Å²) < 4.78 is 0.717. The molecular formula is C15H14BrN3O3. The van der Waals surface area contributed by atoms with E-state index < -0.39 is 4.92 Å². The summed E-state index contributed by atoms with van der Waals surface area (Å²) in [4.78, 5) is 28.4. The summed E-state index contributed by atoms with van der Waals surface area (Å²) in [5.41, 5.74) is 1.16. The number of nitro benzene ring substituents is 1. The van der Waals surface area contributed by atoms with Gasteiger partial charge in [0.15, 0.2) is 0 Å². The van der Waals surface area contributed by atoms with Crippen LogP contribution in [0.15, 0.2) is 47.2 Å². The molecule has 1 aromatic heterocycles. The summed E-state index contributed by atoms with van der Waals surface area (Å²) in [7, 11) is 1.66. The van der Waals surface area contributed by atoms with Gasteiger partial charge in [0.1, 0.15) is 0 Å². The molecular weight excluding hydrogens is 350 g/mol. The van der Waals surface area contributed by atoms with E-state index in [1.807, 2.05) is 6.92 Å². The Labute approximate surface area is 136 Å². The first-order chi connectivity index (χ1) is 10.4. The molecule has 0 spiro atoms. The SMILES string of the molecule is CC(c1cccc([N+](=O)[O-])c1)N(C)C(=O)c1cncc(Br)c1. The molecule has 0 saturated heterocycles. The van der Waals surface area contributed by atoms with Gasteiger partial charge in [0.2, 0.25) is 0 Å². The van der Waals surface area contributed by atoms with E-state index in [0.717, 1.165) is 4.47 Å². The first-order valence-electron chi connectivity index (χ1n) is 6.52. The van der Waals surface area contributed by atoms with Gasteiger partial charge in [0.05, 0.1) is 16.5 Å². The van der Waals surface area contributed by atoms with E-state index in [1.165, 1.54) is 23.2 Å². The number of carbonyl (C=O) groups excluding carboxylic acids is 1. The van der Waals surface area contributed by atoms with Gasteiger partial charge in [0.25, 0.3) is 11.6 Å². The summed E-state index contributed by atoms with van der Waals surface area (Å²) in [6.45, 7) is 1.82. The number of hydrogen-bond acceptors (Lipinski definition) is 4. The Morgan fingerprint density at radius 2 is 2.09 bits per heavy atom. The van der Waals surface area contributed by atoms with Crippen molar-refractivity contribution >= 4 is 27.5 Å². The van der Waals surface area contributed by atoms with Crippen molar-refractivity contribution in [3.05, 3.63) is 68.4 Å². The lowest BCUT2D eigenvalue weighted by Crippen LogP contribution is -2.29. The number of halogens is 1. The Morgan fingerprint density at radius 1 is 1.36 bits per heavy atom. The standard InChI is InChI=1S/C15H14BrN3O3/c1-10(11-4-3-5-14(7-11)19(21)22)18(2)15(20)12-6-13(16)9-17-8-12/h3-10H,1-2H3. The van der Waals surface area contributed by atoms with Crippen molar-refractivity contribution in [1.82, 2.24) is 9.88 Å². The second-order valence-corrected chi connectivity index (χ2v) is 5.75. The largest absolute Gasteiger partial charge is 0.335 e. The van der Waals surface area contributed by atoms with Gasteiger partial charge in [-0.1, -0.05) is 12.1 Å². The van der Waals surface area contributed by atoms with E-state index >= 15 is 0 Å². The van der Waals surface area contributed by atoms with Crippen molar-refractivity contribution in [2.24, 2.45) is 0 Å². The minimum absolute atomic E-state index is 0.00863. The Bertz CT molecular complexity index is 721. The highest BCUT2D eigenvalue weighted by molar-refractivity contribution is 9.10. The van der Waals surface area contributed by atoms with E-state index in [1.54, 1.807) is 31.4 Å². The summed E-state index contributed by atoms with van der Waals surface area (Å²) in [6.07, 6.45) is 3.09. The Balaban J connectivity index is 2.25. The lowest BCUT2D eigenvalue weighted by atomic mass is 10.1. The Hall–Kier alpha value is -2.28. The summed E-state index contributed by atoms with van der Waals surface area (Å²) in [5.74, 6) is -0.201. The van der Waals surface area contributed by atoms with Crippen LogP contribution in [-0.2, 0) is 0 Å². The van der Waals surface area contributed by atoms with Crippen LogP contribution in [0.1, 0.15) is 28.9 Å². The third-order valence-corrected chi connectivity index (χ3v) is 3.85. The number of nitro groups is 1. The first-order valence-corrected chi connectivity index (χ1v) is 7.31. The maximum absolute atomic E-state index is 12.5. The fraction of sp³-hybridized carbons (Fsp3) is 0.200. The third-order valence-electron chi connectivity index (χ3n) is 3.42. The van der Waals surface area contributed by atoms with Crippen molar-refractivity contribution < 1.29 is 9.72 Å². The van der Waals surface area contributed by atoms with E-state index in [9.17, 15) is 14.9 Å². The number of benzene rings is 1. The minimum Gasteiger partial charge on any atom is -0.335 e. The molecule has 22 heavy (non-hydrogen) atoms. The number of pyridine rings is 1. The van der Waals surface area contributed by atoms with Crippen LogP contribution in [0.2, 0.25) is 0 Å². The van der Waals surface area contributed by atoms with Crippen LogP contribution in [-0.4, -0.2) is 27.8 Å². The molecule has 6 nitrogen and oxygen atoms in total. The fourth-order valence-corrected chi connectivity index (χ4v) is 2.40. The molecule has 114 valence electrons. The molecule has 0 radical (unpaired) electrons. The van der Waals surface area contributed by atoms with E-state index in [2.05, 4.69) is 20.9 Å². The third kappa shape index (κ3) is 3.48. The molecule has 1 aromatic carbocycles. The molecule has 2 aromatic rings. The van der Waals surface area contributed by atoms with Crippen LogP contribution in [0.4, 0.5) is 5.69 Å². The normalized spacial score (nSPS) is 11.8. The molecule has 0 bridgehead atoms. The molecule has 0 N–H and O–H groups in total. The van der Waals surface area contributed by atoms with Gasteiger partial charge in [-0.25, -0.2) is 0 Å². The minimum atomic E-state index is -0.448. The Morgan fingerprint density at radius 3 is 2.73 bits per heavy atom. The van der Waals surface area contributed by atoms with Crippen LogP contribution >= 0.6 is 15.9 Å². The molecule has 0 fully saturated rings. The lowest BCUT2D eigenvalue weighted by molar-refractivity contribution is -0.384. The zero-order valence-corrected chi connectivity index (χ0v) is 13.6. The van der Waals surface area contributed by atoms with Gasteiger partial charge in [-0.15, -0.1) is 0 Å². The van der Waals surface area contributed by atoms with Gasteiger partial charge in [-0.05, 0) is 34.5 Å². The summed E-state index contributed by atoms with van der Waals surface area (Å²) in [6, 6.07) is 7.67. The molecule has 0 aliphatic heterocycles. The zero-order valence-electron chi connectivity index (χ0n) is 12.1. The maximum atomic E-state index is 12.5. The van der Waals surface area contributed by atoms with Gasteiger partial charge < -0.3 is 4.90 Å². The highest BCUT2D eigenvalue weighted by Gasteiger charge is 2.20. The van der Waals surface area contributed by atoms with E-state index in [4.69, 9.17) is 0 Å². The van der Waals surface area contributed by atoms with Crippen molar-refractivity contribution in [2.45, 2.75) is 13.0 Å². The highest BCUT2D eigenvalue weighted by atomic mass is 79.9. The molecule has 0 saturated carbocycles. The lowest BCUT2D eigenvalue weighted by Gasteiger charge is -2.25. The van der Waals surface area contributed by atoms with Crippen LogP contribution in [0.25, 0.3) is 0 Å². The van der Waals surface area contributed by atoms with E-state index in [-0.39, 0.29) is 17.6 Å². The van der Waals surface area contributed by atoms with Crippen molar-refractivity contribution in [1.29, 1.82) is 0 Å². The smallest absolute Gasteiger partial charge is 0.269 e. The summed E-state index contributed by atoms with van der Waals surface area (Å²) in [5, 5.41) is 10.8. The molecule has 1 heterocycles. The molecule has 1 unspecified atom stereocenters. The first kappa shape index (κ1) is 16.1. The number of nitrogens with zero attached hydrogens (tertiary/aromatic N) is 3. The van der Waals surface area contributed by atoms with Crippen LogP contribution in [0, 0.1) is 10.1 Å². The van der Waals surface area contributed by atoms with Crippen molar-refractivity contribution in [3.63, 3.8) is 0 Å². The molecule has 2 rings (SSSR count). The second-order valence-electron chi connectivity index (χ2n) is 4.84. The van der Waals surface area contributed by atoms with E-state index in [0.29, 0.717) is 11.1 Å². The van der Waals surface area contributed by atoms with Crippen LogP contribution in [0.3, 0.4) is 0 Å². The molecule has 1 atom stereocenters. The number of carbonyl (C=O) groups is 1. The summed E-state index contributed by atoms with van der Waals surface area (Å²) >= 11 is 3.28. The number of amides is 1. The average molecular weight is 364 g/mol. The number of hydrogen-bond donors (Lipinski definition) is 0. The second kappa shape index (κ2) is 6.65. The van der Waals surface area contributed by atoms with Crippen molar-refractivity contribution in [2.75, 3.05) is 7.05 Å². The van der Waals surface area contributed by atoms with Gasteiger partial charge >= 0.3 is 0 Å². The van der Waals surface area contributed by atoms with Crippen LogP contribution in [0.5, 0.6) is 0 Å². The zero-order chi connectivity index (χ0) is 16.3. The predicted molar refractivity (Wildman–Crippen MR) is 85.5 cm³/mol. The molecule has 1 amide bonds. The number of aromatic nitrogens is 1. The average Bonchev–Trinajstić information content (AvgIpc) is 2.52.